The highest BCUT2D eigenvalue weighted by atomic mass is 32.2. The molecule has 5 nitrogen and oxygen atoms in total. The topological polar surface area (TPSA) is 70.2 Å². The van der Waals surface area contributed by atoms with Crippen LogP contribution >= 0.6 is 0 Å². The van der Waals surface area contributed by atoms with Gasteiger partial charge in [-0.15, -0.1) is 0 Å². The molecule has 16 heavy (non-hydrogen) atoms. The fraction of sp³-hybridized carbons (Fsp3) is 1.00. The van der Waals surface area contributed by atoms with Crippen molar-refractivity contribution >= 4 is 10.0 Å². The molecule has 0 bridgehead atoms. The lowest BCUT2D eigenvalue weighted by Crippen LogP contribution is -2.34. The number of sulfonamides is 1. The van der Waals surface area contributed by atoms with Crippen LogP contribution in [-0.4, -0.2) is 47.4 Å². The minimum atomic E-state index is -3.02. The number of nitrogens with one attached hydrogen (secondary N) is 3. The van der Waals surface area contributed by atoms with Gasteiger partial charge in [0.05, 0.1) is 6.26 Å². The molecule has 96 valence electrons. The van der Waals surface area contributed by atoms with Crippen molar-refractivity contribution in [2.45, 2.75) is 19.3 Å². The van der Waals surface area contributed by atoms with Crippen molar-refractivity contribution in [2.75, 3.05) is 39.0 Å². The summed E-state index contributed by atoms with van der Waals surface area (Å²) >= 11 is 0. The Morgan fingerprint density at radius 3 is 2.56 bits per heavy atom. The van der Waals surface area contributed by atoms with Crippen molar-refractivity contribution in [1.82, 2.24) is 15.4 Å². The highest BCUT2D eigenvalue weighted by Gasteiger charge is 2.11. The molecule has 1 fully saturated rings. The van der Waals surface area contributed by atoms with Gasteiger partial charge in [0.25, 0.3) is 0 Å². The van der Waals surface area contributed by atoms with Crippen molar-refractivity contribution in [3.8, 4) is 0 Å². The summed E-state index contributed by atoms with van der Waals surface area (Å²) in [5.41, 5.74) is 0. The molecule has 0 unspecified atom stereocenters. The van der Waals surface area contributed by atoms with Crippen molar-refractivity contribution in [3.05, 3.63) is 0 Å². The average molecular weight is 249 g/mol. The van der Waals surface area contributed by atoms with Crippen LogP contribution in [0.2, 0.25) is 0 Å². The van der Waals surface area contributed by atoms with Gasteiger partial charge in [-0.3, -0.25) is 0 Å². The molecule has 0 amide bonds. The Morgan fingerprint density at radius 2 is 1.94 bits per heavy atom. The molecular weight excluding hydrogens is 226 g/mol. The van der Waals surface area contributed by atoms with E-state index in [1.807, 2.05) is 0 Å². The molecule has 0 aromatic heterocycles. The summed E-state index contributed by atoms with van der Waals surface area (Å²) < 4.78 is 24.0. The summed E-state index contributed by atoms with van der Waals surface area (Å²) in [4.78, 5) is 0. The molecule has 1 aliphatic rings. The quantitative estimate of drug-likeness (QED) is 0.533. The third-order valence-electron chi connectivity index (χ3n) is 2.79. The molecule has 1 heterocycles. The molecule has 1 rings (SSSR count). The van der Waals surface area contributed by atoms with Crippen LogP contribution in [-0.2, 0) is 10.0 Å². The lowest BCUT2D eigenvalue weighted by molar-refractivity contribution is 0.356. The second-order valence-electron chi connectivity index (χ2n) is 4.42. The van der Waals surface area contributed by atoms with E-state index in [0.717, 1.165) is 38.5 Å². The zero-order chi connectivity index (χ0) is 11.9. The normalized spacial score (nSPS) is 18.8. The van der Waals surface area contributed by atoms with Crippen LogP contribution in [0.25, 0.3) is 0 Å². The first kappa shape index (κ1) is 13.9. The van der Waals surface area contributed by atoms with Crippen molar-refractivity contribution in [3.63, 3.8) is 0 Å². The molecule has 1 aliphatic heterocycles. The van der Waals surface area contributed by atoms with E-state index in [1.165, 1.54) is 19.1 Å². The molecule has 0 saturated carbocycles. The van der Waals surface area contributed by atoms with E-state index < -0.39 is 10.0 Å². The first-order valence-corrected chi connectivity index (χ1v) is 7.83. The Balaban J connectivity index is 1.91. The highest BCUT2D eigenvalue weighted by molar-refractivity contribution is 7.88. The van der Waals surface area contributed by atoms with E-state index in [0.29, 0.717) is 6.54 Å². The summed E-state index contributed by atoms with van der Waals surface area (Å²) in [6.07, 6.45) is 4.52. The van der Waals surface area contributed by atoms with Crippen molar-refractivity contribution in [2.24, 2.45) is 5.92 Å². The fourth-order valence-electron chi connectivity index (χ4n) is 1.86. The maximum atomic E-state index is 10.8. The Morgan fingerprint density at radius 1 is 1.25 bits per heavy atom. The van der Waals surface area contributed by atoms with E-state index in [1.54, 1.807) is 0 Å². The third kappa shape index (κ3) is 7.16. The standard InChI is InChI=1S/C10H23N3O2S/c1-16(14,15)13-6-2-5-12-9-10-3-7-11-8-4-10/h10-13H,2-9H2,1H3. The van der Waals surface area contributed by atoms with Gasteiger partial charge in [-0.25, -0.2) is 13.1 Å². The molecule has 0 aliphatic carbocycles. The van der Waals surface area contributed by atoms with Crippen LogP contribution in [0.15, 0.2) is 0 Å². The second kappa shape index (κ2) is 7.21. The molecule has 1 saturated heterocycles. The van der Waals surface area contributed by atoms with Gasteiger partial charge in [0.15, 0.2) is 0 Å². The Bertz CT molecular complexity index is 274. The molecule has 0 atom stereocenters. The summed E-state index contributed by atoms with van der Waals surface area (Å²) in [6.45, 7) is 4.72. The molecule has 6 heteroatoms. The first-order chi connectivity index (χ1) is 7.58. The Labute approximate surface area is 98.4 Å². The lowest BCUT2D eigenvalue weighted by atomic mass is 9.98. The van der Waals surface area contributed by atoms with Crippen molar-refractivity contribution in [1.29, 1.82) is 0 Å². The largest absolute Gasteiger partial charge is 0.317 e. The van der Waals surface area contributed by atoms with E-state index in [4.69, 9.17) is 0 Å². The van der Waals surface area contributed by atoms with E-state index >= 15 is 0 Å². The minimum Gasteiger partial charge on any atom is -0.317 e. The number of hydrogen-bond donors (Lipinski definition) is 3. The van der Waals surface area contributed by atoms with E-state index in [-0.39, 0.29) is 0 Å². The highest BCUT2D eigenvalue weighted by Crippen LogP contribution is 2.09. The van der Waals surface area contributed by atoms with Gasteiger partial charge in [0, 0.05) is 6.54 Å². The van der Waals surface area contributed by atoms with Gasteiger partial charge in [-0.05, 0) is 51.4 Å². The molecule has 0 aromatic carbocycles. The molecule has 0 aromatic rings. The molecule has 3 N–H and O–H groups in total. The second-order valence-corrected chi connectivity index (χ2v) is 6.25. The monoisotopic (exact) mass is 249 g/mol. The first-order valence-electron chi connectivity index (χ1n) is 5.94. The summed E-state index contributed by atoms with van der Waals surface area (Å²) in [7, 11) is -3.02. The molecule has 0 spiro atoms. The van der Waals surface area contributed by atoms with Crippen LogP contribution in [0.5, 0.6) is 0 Å². The number of piperidine rings is 1. The molecular formula is C10H23N3O2S. The summed E-state index contributed by atoms with van der Waals surface area (Å²) in [6, 6.07) is 0. The van der Waals surface area contributed by atoms with Gasteiger partial charge in [-0.2, -0.15) is 0 Å². The van der Waals surface area contributed by atoms with E-state index in [9.17, 15) is 8.42 Å². The van der Waals surface area contributed by atoms with Gasteiger partial charge >= 0.3 is 0 Å². The van der Waals surface area contributed by atoms with Crippen LogP contribution in [0, 0.1) is 5.92 Å². The predicted octanol–water partition coefficient (Wildman–Crippen LogP) is -0.485. The molecule has 0 radical (unpaired) electrons. The summed E-state index contributed by atoms with van der Waals surface area (Å²) in [5.74, 6) is 0.782. The van der Waals surface area contributed by atoms with Gasteiger partial charge in [0.1, 0.15) is 0 Å². The number of hydrogen-bond acceptors (Lipinski definition) is 4. The average Bonchev–Trinajstić information content (AvgIpc) is 2.23. The van der Waals surface area contributed by atoms with Crippen molar-refractivity contribution < 1.29 is 8.42 Å². The smallest absolute Gasteiger partial charge is 0.208 e. The lowest BCUT2D eigenvalue weighted by Gasteiger charge is -2.22. The van der Waals surface area contributed by atoms with Gasteiger partial charge < -0.3 is 10.6 Å². The fourth-order valence-corrected chi connectivity index (χ4v) is 2.38. The zero-order valence-electron chi connectivity index (χ0n) is 9.96. The van der Waals surface area contributed by atoms with Gasteiger partial charge in [-0.1, -0.05) is 0 Å². The predicted molar refractivity (Wildman–Crippen MR) is 65.9 cm³/mol. The Hall–Kier alpha value is -0.170. The SMILES string of the molecule is CS(=O)(=O)NCCCNCC1CCNCC1. The van der Waals surface area contributed by atoms with Crippen LogP contribution in [0.4, 0.5) is 0 Å². The number of rotatable bonds is 7. The zero-order valence-corrected chi connectivity index (χ0v) is 10.8. The maximum absolute atomic E-state index is 10.8. The maximum Gasteiger partial charge on any atom is 0.208 e. The van der Waals surface area contributed by atoms with Crippen LogP contribution in [0.1, 0.15) is 19.3 Å². The summed E-state index contributed by atoms with van der Waals surface area (Å²) in [5, 5.41) is 6.72. The van der Waals surface area contributed by atoms with Crippen LogP contribution < -0.4 is 15.4 Å². The Kier molecular flexibility index (Phi) is 6.26. The minimum absolute atomic E-state index is 0.526. The third-order valence-corrected chi connectivity index (χ3v) is 3.51. The van der Waals surface area contributed by atoms with E-state index in [2.05, 4.69) is 15.4 Å². The van der Waals surface area contributed by atoms with Gasteiger partial charge in [0.2, 0.25) is 10.0 Å². The van der Waals surface area contributed by atoms with Crippen LogP contribution in [0.3, 0.4) is 0 Å².